The molecule has 5 rings (SSSR count). The number of rotatable bonds is 8. The van der Waals surface area contributed by atoms with Crippen LogP contribution in [0, 0.1) is 10.1 Å². The average Bonchev–Trinajstić information content (AvgIpc) is 3.28. The van der Waals surface area contributed by atoms with Gasteiger partial charge >= 0.3 is 0 Å². The van der Waals surface area contributed by atoms with Gasteiger partial charge in [-0.15, -0.1) is 0 Å². The highest BCUT2D eigenvalue weighted by atomic mass is 16.6. The Hall–Kier alpha value is -5.24. The molecule has 8 nitrogen and oxygen atoms in total. The van der Waals surface area contributed by atoms with Gasteiger partial charge in [-0.25, -0.2) is 5.43 Å². The molecule has 188 valence electrons. The summed E-state index contributed by atoms with van der Waals surface area (Å²) >= 11 is 0. The zero-order chi connectivity index (χ0) is 26.5. The van der Waals surface area contributed by atoms with E-state index in [4.69, 9.17) is 0 Å². The predicted molar refractivity (Wildman–Crippen MR) is 148 cm³/mol. The number of carbonyl (C=O) groups excluding carboxylic acids is 1. The number of nitro benzene ring substituents is 1. The van der Waals surface area contributed by atoms with Gasteiger partial charge in [0.25, 0.3) is 5.69 Å². The van der Waals surface area contributed by atoms with E-state index in [-0.39, 0.29) is 29.3 Å². The van der Waals surface area contributed by atoms with Gasteiger partial charge in [0.05, 0.1) is 16.8 Å². The number of non-ortho nitro benzene ring substituents is 1. The Bertz CT molecular complexity index is 1640. The lowest BCUT2D eigenvalue weighted by atomic mass is 9.98. The van der Waals surface area contributed by atoms with Crippen LogP contribution in [0.5, 0.6) is 5.75 Å². The van der Waals surface area contributed by atoms with E-state index in [9.17, 15) is 20.0 Å². The molecule has 0 spiro atoms. The van der Waals surface area contributed by atoms with Gasteiger partial charge in [0.15, 0.2) is 0 Å². The molecule has 0 saturated heterocycles. The van der Waals surface area contributed by atoms with Crippen LogP contribution < -0.4 is 5.43 Å². The van der Waals surface area contributed by atoms with Crippen molar-refractivity contribution in [2.45, 2.75) is 13.0 Å². The Morgan fingerprint density at radius 3 is 2.29 bits per heavy atom. The van der Waals surface area contributed by atoms with Crippen LogP contribution in [0.2, 0.25) is 0 Å². The maximum atomic E-state index is 12.7. The van der Waals surface area contributed by atoms with Crippen molar-refractivity contribution in [3.63, 3.8) is 0 Å². The number of aromatic hydroxyl groups is 1. The third-order valence-electron chi connectivity index (χ3n) is 6.26. The third-order valence-corrected chi connectivity index (χ3v) is 6.26. The van der Waals surface area contributed by atoms with Crippen molar-refractivity contribution in [1.82, 2.24) is 9.99 Å². The average molecular weight is 505 g/mol. The third kappa shape index (κ3) is 5.01. The molecule has 2 N–H and O–H groups in total. The van der Waals surface area contributed by atoms with Gasteiger partial charge < -0.3 is 9.67 Å². The molecule has 0 aliphatic carbocycles. The second-order valence-electron chi connectivity index (χ2n) is 8.67. The van der Waals surface area contributed by atoms with Gasteiger partial charge in [-0.1, -0.05) is 78.9 Å². The van der Waals surface area contributed by atoms with Crippen LogP contribution in [0.15, 0.2) is 108 Å². The van der Waals surface area contributed by atoms with Gasteiger partial charge in [0, 0.05) is 47.1 Å². The number of aryl methyl sites for hydroxylation is 1. The molecule has 38 heavy (non-hydrogen) atoms. The maximum Gasteiger partial charge on any atom is 0.270 e. The number of aromatic nitrogens is 1. The first-order chi connectivity index (χ1) is 18.5. The monoisotopic (exact) mass is 504 g/mol. The molecule has 0 unspecified atom stereocenters. The number of hydrogen-bond acceptors (Lipinski definition) is 5. The van der Waals surface area contributed by atoms with Gasteiger partial charge in [0.2, 0.25) is 5.91 Å². The molecule has 0 radical (unpaired) electrons. The zero-order valence-electron chi connectivity index (χ0n) is 20.3. The number of nitrogens with zero attached hydrogens (tertiary/aromatic N) is 3. The summed E-state index contributed by atoms with van der Waals surface area (Å²) in [5.41, 5.74) is 7.69. The zero-order valence-corrected chi connectivity index (χ0v) is 20.3. The molecule has 4 aromatic carbocycles. The second kappa shape index (κ2) is 10.8. The lowest BCUT2D eigenvalue weighted by molar-refractivity contribution is -0.384. The molecule has 1 aromatic heterocycles. The highest BCUT2D eigenvalue weighted by Crippen LogP contribution is 2.41. The van der Waals surface area contributed by atoms with E-state index in [1.807, 2.05) is 48.5 Å². The highest BCUT2D eigenvalue weighted by Gasteiger charge is 2.20. The molecule has 5 aromatic rings. The Balaban J connectivity index is 1.44. The fourth-order valence-electron chi connectivity index (χ4n) is 4.53. The minimum Gasteiger partial charge on any atom is -0.507 e. The lowest BCUT2D eigenvalue weighted by Crippen LogP contribution is -2.19. The molecule has 8 heteroatoms. The van der Waals surface area contributed by atoms with Crippen molar-refractivity contribution < 1.29 is 14.8 Å². The Kier molecular flexibility index (Phi) is 6.95. The summed E-state index contributed by atoms with van der Waals surface area (Å²) in [7, 11) is 0. The molecular formula is C30H24N4O4. The number of nitrogens with one attached hydrogen (secondary N) is 1. The number of para-hydroxylation sites is 1. The van der Waals surface area contributed by atoms with Crippen molar-refractivity contribution in [2.24, 2.45) is 5.10 Å². The molecule has 0 aliphatic heterocycles. The molecule has 0 saturated carbocycles. The molecule has 0 aliphatic rings. The van der Waals surface area contributed by atoms with Crippen molar-refractivity contribution >= 4 is 28.7 Å². The van der Waals surface area contributed by atoms with Gasteiger partial charge in [-0.2, -0.15) is 5.10 Å². The molecule has 0 bridgehead atoms. The fraction of sp³-hybridized carbons (Fsp3) is 0.0667. The number of phenolic OH excluding ortho intramolecular Hbond substituents is 1. The summed E-state index contributed by atoms with van der Waals surface area (Å²) < 4.78 is 2.16. The minimum atomic E-state index is -0.565. The summed E-state index contributed by atoms with van der Waals surface area (Å²) in [6.07, 6.45) is 1.33. The Morgan fingerprint density at radius 1 is 0.921 bits per heavy atom. The van der Waals surface area contributed by atoms with Crippen molar-refractivity contribution in [2.75, 3.05) is 0 Å². The van der Waals surface area contributed by atoms with Gasteiger partial charge in [-0.3, -0.25) is 14.9 Å². The number of carbonyl (C=O) groups is 1. The number of benzene rings is 4. The molecule has 1 heterocycles. The van der Waals surface area contributed by atoms with E-state index in [1.54, 1.807) is 0 Å². The fourth-order valence-corrected chi connectivity index (χ4v) is 4.53. The van der Waals surface area contributed by atoms with E-state index in [0.717, 1.165) is 33.3 Å². The standard InChI is InChI=1S/C30H24N4O4/c35-27-16-15-24(34(37)38)19-23(27)20-31-32-28(36)17-18-33-26-14-8-7-13-25(26)29(21-9-3-1-4-10-21)30(33)22-11-5-2-6-12-22/h1-16,19-20,35H,17-18H2,(H,32,36)/b31-20+. The van der Waals surface area contributed by atoms with Crippen LogP contribution in [0.1, 0.15) is 12.0 Å². The van der Waals surface area contributed by atoms with Crippen molar-refractivity contribution in [1.29, 1.82) is 0 Å². The lowest BCUT2D eigenvalue weighted by Gasteiger charge is -2.13. The van der Waals surface area contributed by atoms with E-state index in [2.05, 4.69) is 51.5 Å². The number of amides is 1. The molecule has 1 amide bonds. The van der Waals surface area contributed by atoms with Gasteiger partial charge in [-0.05, 0) is 23.3 Å². The van der Waals surface area contributed by atoms with Crippen LogP contribution >= 0.6 is 0 Å². The largest absolute Gasteiger partial charge is 0.507 e. The minimum absolute atomic E-state index is 0.134. The number of phenols is 1. The van der Waals surface area contributed by atoms with E-state index in [1.165, 1.54) is 24.4 Å². The first-order valence-corrected chi connectivity index (χ1v) is 12.0. The smallest absolute Gasteiger partial charge is 0.270 e. The van der Waals surface area contributed by atoms with Crippen molar-refractivity contribution in [3.05, 3.63) is 119 Å². The number of hydrogen-bond donors (Lipinski definition) is 2. The van der Waals surface area contributed by atoms with Gasteiger partial charge in [0.1, 0.15) is 5.75 Å². The summed E-state index contributed by atoms with van der Waals surface area (Å²) in [4.78, 5) is 23.1. The maximum absolute atomic E-state index is 12.7. The SMILES string of the molecule is O=C(CCn1c(-c2ccccc2)c(-c2ccccc2)c2ccccc21)N/N=C/c1cc([N+](=O)[O-])ccc1O. The number of nitro groups is 1. The first-order valence-electron chi connectivity index (χ1n) is 12.0. The van der Waals surface area contributed by atoms with Crippen molar-refractivity contribution in [3.8, 4) is 28.1 Å². The summed E-state index contributed by atoms with van der Waals surface area (Å²) in [6, 6.07) is 32.0. The van der Waals surface area contributed by atoms with E-state index >= 15 is 0 Å². The summed E-state index contributed by atoms with van der Waals surface area (Å²) in [5.74, 6) is -0.502. The summed E-state index contributed by atoms with van der Waals surface area (Å²) in [6.45, 7) is 0.404. The molecule has 0 fully saturated rings. The van der Waals surface area contributed by atoms with Crippen LogP contribution in [-0.4, -0.2) is 26.7 Å². The first kappa shape index (κ1) is 24.5. The Labute approximate surface area is 218 Å². The second-order valence-corrected chi connectivity index (χ2v) is 8.67. The van der Waals surface area contributed by atoms with Crippen LogP contribution in [-0.2, 0) is 11.3 Å². The van der Waals surface area contributed by atoms with E-state index in [0.29, 0.717) is 6.54 Å². The topological polar surface area (TPSA) is 110 Å². The molecule has 0 atom stereocenters. The predicted octanol–water partition coefficient (Wildman–Crippen LogP) is 6.13. The van der Waals surface area contributed by atoms with Crippen LogP contribution in [0.3, 0.4) is 0 Å². The van der Waals surface area contributed by atoms with E-state index < -0.39 is 4.92 Å². The number of fused-ring (bicyclic) bond motifs is 1. The van der Waals surface area contributed by atoms with Crippen LogP contribution in [0.25, 0.3) is 33.3 Å². The quantitative estimate of drug-likeness (QED) is 0.150. The number of hydrazone groups is 1. The Morgan fingerprint density at radius 2 is 1.58 bits per heavy atom. The normalized spacial score (nSPS) is 11.2. The highest BCUT2D eigenvalue weighted by molar-refractivity contribution is 6.04. The molecular weight excluding hydrogens is 480 g/mol. The summed E-state index contributed by atoms with van der Waals surface area (Å²) in [5, 5.41) is 25.9. The van der Waals surface area contributed by atoms with Crippen LogP contribution in [0.4, 0.5) is 5.69 Å².